The van der Waals surface area contributed by atoms with Crippen LogP contribution in [-0.2, 0) is 24.9 Å². The Morgan fingerprint density at radius 3 is 1.98 bits per heavy atom. The van der Waals surface area contributed by atoms with E-state index < -0.39 is 16.1 Å². The van der Waals surface area contributed by atoms with Gasteiger partial charge in [0.05, 0.1) is 8.07 Å². The Morgan fingerprint density at radius 1 is 0.804 bits per heavy atom. The van der Waals surface area contributed by atoms with Crippen LogP contribution in [0.3, 0.4) is 0 Å². The zero-order chi connectivity index (χ0) is 32.9. The summed E-state index contributed by atoms with van der Waals surface area (Å²) in [5.41, 5.74) is 4.75. The summed E-state index contributed by atoms with van der Waals surface area (Å²) < 4.78 is 0. The van der Waals surface area contributed by atoms with Crippen molar-refractivity contribution in [1.82, 2.24) is 4.98 Å². The molecule has 0 unspecified atom stereocenters. The van der Waals surface area contributed by atoms with E-state index in [1.807, 2.05) is 41.5 Å². The third kappa shape index (κ3) is 5.63. The van der Waals surface area contributed by atoms with Gasteiger partial charge < -0.3 is 10.1 Å². The van der Waals surface area contributed by atoms with Gasteiger partial charge in [-0.25, -0.2) is 0 Å². The SMILES string of the molecule is CCC(C)(CC)C(=O)/C=C(\O)C(C)(CC)CC.C[Si]1(C)c2cc[c-]c3c2-c2c1cccc2[Si](C)(C)c1c-3ncc2ccccc12.[Ir]. The standard InChI is InChI=1S/C25H22NSi2.C15H28O2.Ir/c1-27(2)19-12-7-11-18-22(19)23-20(27)13-8-14-21(23)28(3,4)25-17-10-6-5-9-16(17)15-26-24(18)25;1-7-14(5,8-2)12(16)11-13(17)15(6,9-3)10-4;/h5-10,12-15H,1-4H3;11,16H,7-10H2,1-6H3;/q-1;;/b;12-11-;. The van der Waals surface area contributed by atoms with Crippen molar-refractivity contribution in [3.05, 3.63) is 78.7 Å². The number of aliphatic hydroxyl groups is 1. The van der Waals surface area contributed by atoms with Crippen molar-refractivity contribution in [2.75, 3.05) is 0 Å². The molecule has 0 atom stereocenters. The molecule has 0 fully saturated rings. The smallest absolute Gasteiger partial charge is 0.164 e. The monoisotopic (exact) mass is 825 g/mol. The van der Waals surface area contributed by atoms with Crippen LogP contribution in [0.1, 0.15) is 67.2 Å². The van der Waals surface area contributed by atoms with E-state index >= 15 is 0 Å². The molecule has 3 nitrogen and oxygen atoms in total. The maximum Gasteiger partial charge on any atom is 0.164 e. The van der Waals surface area contributed by atoms with Crippen LogP contribution in [0.25, 0.3) is 33.2 Å². The number of hydrogen-bond donors (Lipinski definition) is 1. The molecular formula is C40H50IrNO2Si2-. The van der Waals surface area contributed by atoms with E-state index in [1.165, 1.54) is 44.4 Å². The summed E-state index contributed by atoms with van der Waals surface area (Å²) in [5, 5.41) is 18.9. The van der Waals surface area contributed by atoms with Crippen LogP contribution >= 0.6 is 0 Å². The molecule has 3 heterocycles. The summed E-state index contributed by atoms with van der Waals surface area (Å²) in [4.78, 5) is 17.2. The quantitative estimate of drug-likeness (QED) is 0.0884. The number of hydrogen-bond acceptors (Lipinski definition) is 3. The van der Waals surface area contributed by atoms with Gasteiger partial charge in [0.15, 0.2) is 5.78 Å². The Labute approximate surface area is 292 Å². The molecule has 0 bridgehead atoms. The number of benzene rings is 3. The van der Waals surface area contributed by atoms with E-state index in [0.717, 1.165) is 25.7 Å². The molecule has 0 amide bonds. The fourth-order valence-electron chi connectivity index (χ4n) is 7.28. The number of carbonyl (C=O) groups excluding carboxylic acids is 1. The van der Waals surface area contributed by atoms with Gasteiger partial charge in [0, 0.05) is 43.2 Å². The second-order valence-corrected chi connectivity index (χ2v) is 23.2. The molecule has 1 aromatic heterocycles. The molecule has 1 N–H and O–H groups in total. The molecule has 245 valence electrons. The van der Waals surface area contributed by atoms with Crippen LogP contribution in [0, 0.1) is 16.9 Å². The zero-order valence-corrected chi connectivity index (χ0v) is 33.7. The number of aliphatic hydroxyl groups excluding tert-OH is 1. The molecule has 46 heavy (non-hydrogen) atoms. The van der Waals surface area contributed by atoms with Crippen molar-refractivity contribution in [1.29, 1.82) is 0 Å². The van der Waals surface area contributed by atoms with Crippen molar-refractivity contribution in [2.45, 2.75) is 93.4 Å². The topological polar surface area (TPSA) is 50.2 Å². The number of rotatable bonds is 7. The molecule has 0 aliphatic carbocycles. The predicted molar refractivity (Wildman–Crippen MR) is 198 cm³/mol. The zero-order valence-electron chi connectivity index (χ0n) is 29.3. The van der Waals surface area contributed by atoms with Crippen LogP contribution < -0.4 is 20.7 Å². The summed E-state index contributed by atoms with van der Waals surface area (Å²) in [6.07, 6.45) is 6.81. The van der Waals surface area contributed by atoms with E-state index in [1.54, 1.807) is 15.6 Å². The third-order valence-electron chi connectivity index (χ3n) is 11.6. The van der Waals surface area contributed by atoms with Crippen molar-refractivity contribution in [2.24, 2.45) is 10.8 Å². The normalized spacial score (nSPS) is 15.6. The first-order valence-electron chi connectivity index (χ1n) is 16.8. The van der Waals surface area contributed by atoms with Crippen LogP contribution in [-0.4, -0.2) is 32.0 Å². The minimum absolute atomic E-state index is 0. The van der Waals surface area contributed by atoms with Crippen molar-refractivity contribution >= 4 is 53.5 Å². The molecule has 2 aliphatic heterocycles. The van der Waals surface area contributed by atoms with Gasteiger partial charge in [0.25, 0.3) is 0 Å². The number of fused-ring (bicyclic) bond motifs is 4. The molecule has 4 aromatic rings. The number of carbonyl (C=O) groups is 1. The Balaban J connectivity index is 0.000000234. The largest absolute Gasteiger partial charge is 0.512 e. The average molecular weight is 825 g/mol. The Morgan fingerprint density at radius 2 is 1.37 bits per heavy atom. The molecule has 0 saturated carbocycles. The number of nitrogens with zero attached hydrogens (tertiary/aromatic N) is 1. The molecule has 3 aromatic carbocycles. The molecule has 0 spiro atoms. The van der Waals surface area contributed by atoms with Crippen LogP contribution in [0.5, 0.6) is 0 Å². The van der Waals surface area contributed by atoms with Crippen molar-refractivity contribution < 1.29 is 30.0 Å². The van der Waals surface area contributed by atoms with Crippen LogP contribution in [0.2, 0.25) is 26.2 Å². The Bertz CT molecular complexity index is 1820. The van der Waals surface area contributed by atoms with Gasteiger partial charge in [0.1, 0.15) is 13.8 Å². The van der Waals surface area contributed by atoms with E-state index in [2.05, 4.69) is 93.0 Å². The molecule has 6 rings (SSSR count). The summed E-state index contributed by atoms with van der Waals surface area (Å²) >= 11 is 0. The van der Waals surface area contributed by atoms with Gasteiger partial charge in [-0.2, -0.15) is 0 Å². The first-order chi connectivity index (χ1) is 21.2. The van der Waals surface area contributed by atoms with E-state index in [-0.39, 0.29) is 42.5 Å². The van der Waals surface area contributed by atoms with Gasteiger partial charge in [-0.3, -0.25) is 4.79 Å². The van der Waals surface area contributed by atoms with Gasteiger partial charge in [0.2, 0.25) is 0 Å². The first-order valence-corrected chi connectivity index (χ1v) is 22.8. The van der Waals surface area contributed by atoms with Gasteiger partial charge in [-0.05, 0) is 42.1 Å². The first kappa shape index (κ1) is 36.2. The van der Waals surface area contributed by atoms with Gasteiger partial charge >= 0.3 is 0 Å². The summed E-state index contributed by atoms with van der Waals surface area (Å²) in [6, 6.07) is 23.9. The van der Waals surface area contributed by atoms with Gasteiger partial charge in [-0.15, -0.1) is 28.9 Å². The molecule has 1 radical (unpaired) electrons. The van der Waals surface area contributed by atoms with E-state index in [9.17, 15) is 9.90 Å². The predicted octanol–water partition coefficient (Wildman–Crippen LogP) is 8.29. The third-order valence-corrected chi connectivity index (χ3v) is 18.6. The Kier molecular flexibility index (Phi) is 10.3. The maximum atomic E-state index is 12.2. The van der Waals surface area contributed by atoms with Gasteiger partial charge in [-0.1, -0.05) is 137 Å². The van der Waals surface area contributed by atoms with Crippen molar-refractivity contribution in [3.63, 3.8) is 0 Å². The fraction of sp³-hybridized carbons (Fsp3) is 0.400. The second-order valence-electron chi connectivity index (χ2n) is 14.6. The van der Waals surface area contributed by atoms with E-state index in [4.69, 9.17) is 4.98 Å². The molecule has 0 saturated heterocycles. The van der Waals surface area contributed by atoms with Crippen molar-refractivity contribution in [3.8, 4) is 22.4 Å². The minimum atomic E-state index is -1.97. The fourth-order valence-corrected chi connectivity index (χ4v) is 13.8. The van der Waals surface area contributed by atoms with Crippen LogP contribution in [0.15, 0.2) is 72.6 Å². The minimum Gasteiger partial charge on any atom is -0.512 e. The average Bonchev–Trinajstić information content (AvgIpc) is 3.24. The van der Waals surface area contributed by atoms with E-state index in [0.29, 0.717) is 0 Å². The number of aromatic nitrogens is 1. The maximum absolute atomic E-state index is 12.2. The Hall–Kier alpha value is -2.64. The molecule has 2 aliphatic rings. The second kappa shape index (κ2) is 13.1. The molecule has 6 heteroatoms. The number of allylic oxidation sites excluding steroid dienone is 2. The summed E-state index contributed by atoms with van der Waals surface area (Å²) in [7, 11) is -3.65. The molecular weight excluding hydrogens is 775 g/mol. The summed E-state index contributed by atoms with van der Waals surface area (Å²) in [6.45, 7) is 22.1. The number of pyridine rings is 1. The summed E-state index contributed by atoms with van der Waals surface area (Å²) in [5.74, 6) is 0.286. The van der Waals surface area contributed by atoms with Crippen LogP contribution in [0.4, 0.5) is 0 Å². The number of ketones is 1.